The molecule has 1 saturated heterocycles. The highest BCUT2D eigenvalue weighted by Gasteiger charge is 2.28. The lowest BCUT2D eigenvalue weighted by Gasteiger charge is -2.36. The van der Waals surface area contributed by atoms with Crippen LogP contribution in [0.15, 0.2) is 18.2 Å². The molecule has 1 unspecified atom stereocenters. The number of ether oxygens (including phenoxy) is 1. The molecule has 0 spiro atoms. The van der Waals surface area contributed by atoms with Crippen molar-refractivity contribution in [2.75, 3.05) is 6.61 Å². The standard InChI is InChI=1S/C14H19ClN2O3/c1-14(2)8-11(5-6-20-14)16-9-10-7-12(17(18)19)3-4-13(10)15/h3-4,7,11,16H,5-6,8-9H2,1-2H3. The summed E-state index contributed by atoms with van der Waals surface area (Å²) < 4.78 is 5.67. The molecule has 0 amide bonds. The van der Waals surface area contributed by atoms with Gasteiger partial charge in [-0.2, -0.15) is 0 Å². The van der Waals surface area contributed by atoms with Crippen molar-refractivity contribution in [3.05, 3.63) is 38.9 Å². The second-order valence-corrected chi connectivity index (χ2v) is 6.12. The average molecular weight is 299 g/mol. The third-order valence-corrected chi connectivity index (χ3v) is 3.89. The Bertz CT molecular complexity index is 505. The maximum atomic E-state index is 10.8. The van der Waals surface area contributed by atoms with Crippen LogP contribution in [-0.2, 0) is 11.3 Å². The topological polar surface area (TPSA) is 64.4 Å². The van der Waals surface area contributed by atoms with Gasteiger partial charge < -0.3 is 10.1 Å². The van der Waals surface area contributed by atoms with Crippen LogP contribution in [0.25, 0.3) is 0 Å². The number of rotatable bonds is 4. The van der Waals surface area contributed by atoms with Crippen molar-refractivity contribution >= 4 is 17.3 Å². The van der Waals surface area contributed by atoms with E-state index in [1.165, 1.54) is 12.1 Å². The second-order valence-electron chi connectivity index (χ2n) is 5.71. The number of nitro groups is 1. The van der Waals surface area contributed by atoms with Gasteiger partial charge in [0.05, 0.1) is 10.5 Å². The lowest BCUT2D eigenvalue weighted by molar-refractivity contribution is -0.384. The van der Waals surface area contributed by atoms with E-state index in [1.807, 2.05) is 0 Å². The highest BCUT2D eigenvalue weighted by molar-refractivity contribution is 6.31. The Balaban J connectivity index is 2.00. The van der Waals surface area contributed by atoms with Crippen LogP contribution in [0.2, 0.25) is 5.02 Å². The maximum Gasteiger partial charge on any atom is 0.269 e. The summed E-state index contributed by atoms with van der Waals surface area (Å²) in [4.78, 5) is 10.4. The van der Waals surface area contributed by atoms with Gasteiger partial charge in [-0.25, -0.2) is 0 Å². The van der Waals surface area contributed by atoms with Gasteiger partial charge in [0.15, 0.2) is 0 Å². The predicted octanol–water partition coefficient (Wildman–Crippen LogP) is 3.30. The van der Waals surface area contributed by atoms with Crippen molar-refractivity contribution in [1.82, 2.24) is 5.32 Å². The molecule has 1 fully saturated rings. The summed E-state index contributed by atoms with van der Waals surface area (Å²) in [5, 5.41) is 14.7. The molecule has 1 aromatic rings. The van der Waals surface area contributed by atoms with Crippen LogP contribution in [0.3, 0.4) is 0 Å². The molecule has 1 aliphatic rings. The quantitative estimate of drug-likeness (QED) is 0.684. The van der Waals surface area contributed by atoms with Crippen molar-refractivity contribution in [2.45, 2.75) is 44.9 Å². The average Bonchev–Trinajstić information content (AvgIpc) is 2.36. The molecule has 0 radical (unpaired) electrons. The first-order chi connectivity index (χ1) is 9.37. The lowest BCUT2D eigenvalue weighted by Crippen LogP contribution is -2.43. The van der Waals surface area contributed by atoms with E-state index in [0.717, 1.165) is 25.0 Å². The van der Waals surface area contributed by atoms with E-state index in [-0.39, 0.29) is 11.3 Å². The van der Waals surface area contributed by atoms with Crippen LogP contribution < -0.4 is 5.32 Å². The van der Waals surface area contributed by atoms with E-state index < -0.39 is 4.92 Å². The van der Waals surface area contributed by atoms with Crippen LogP contribution in [0.4, 0.5) is 5.69 Å². The Labute approximate surface area is 123 Å². The maximum absolute atomic E-state index is 10.8. The largest absolute Gasteiger partial charge is 0.375 e. The number of halogens is 1. The monoisotopic (exact) mass is 298 g/mol. The Morgan fingerprint density at radius 1 is 1.55 bits per heavy atom. The second kappa shape index (κ2) is 6.08. The number of hydrogen-bond acceptors (Lipinski definition) is 4. The summed E-state index contributed by atoms with van der Waals surface area (Å²) in [6.45, 7) is 5.40. The van der Waals surface area contributed by atoms with Gasteiger partial charge in [-0.1, -0.05) is 11.6 Å². The zero-order valence-electron chi connectivity index (χ0n) is 11.7. The molecule has 1 atom stereocenters. The van der Waals surface area contributed by atoms with Gasteiger partial charge in [0, 0.05) is 36.3 Å². The van der Waals surface area contributed by atoms with E-state index in [9.17, 15) is 10.1 Å². The number of nitrogens with one attached hydrogen (secondary N) is 1. The van der Waals surface area contributed by atoms with Gasteiger partial charge in [-0.05, 0) is 38.3 Å². The van der Waals surface area contributed by atoms with E-state index in [2.05, 4.69) is 19.2 Å². The minimum atomic E-state index is -0.405. The van der Waals surface area contributed by atoms with E-state index in [1.54, 1.807) is 6.07 Å². The van der Waals surface area contributed by atoms with Gasteiger partial charge in [0.2, 0.25) is 0 Å². The fraction of sp³-hybridized carbons (Fsp3) is 0.571. The molecular formula is C14H19ClN2O3. The van der Waals surface area contributed by atoms with Crippen molar-refractivity contribution in [3.8, 4) is 0 Å². The number of nitrogens with zero attached hydrogens (tertiary/aromatic N) is 1. The fourth-order valence-electron chi connectivity index (χ4n) is 2.47. The highest BCUT2D eigenvalue weighted by atomic mass is 35.5. The Hall–Kier alpha value is -1.17. The van der Waals surface area contributed by atoms with Crippen LogP contribution >= 0.6 is 11.6 Å². The summed E-state index contributed by atoms with van der Waals surface area (Å²) >= 11 is 6.09. The van der Waals surface area contributed by atoms with Crippen LogP contribution in [0.5, 0.6) is 0 Å². The normalized spacial score (nSPS) is 21.6. The molecule has 0 aromatic heterocycles. The van der Waals surface area contributed by atoms with Gasteiger partial charge in [-0.3, -0.25) is 10.1 Å². The van der Waals surface area contributed by atoms with Crippen molar-refractivity contribution in [1.29, 1.82) is 0 Å². The van der Waals surface area contributed by atoms with Crippen LogP contribution in [0, 0.1) is 10.1 Å². The molecule has 6 heteroatoms. The van der Waals surface area contributed by atoms with Crippen molar-refractivity contribution in [2.24, 2.45) is 0 Å². The molecule has 1 aliphatic heterocycles. The summed E-state index contributed by atoms with van der Waals surface area (Å²) in [6, 6.07) is 4.86. The third-order valence-electron chi connectivity index (χ3n) is 3.52. The summed E-state index contributed by atoms with van der Waals surface area (Å²) in [6.07, 6.45) is 1.86. The summed E-state index contributed by atoms with van der Waals surface area (Å²) in [5.74, 6) is 0. The molecule has 0 saturated carbocycles. The number of hydrogen-bond donors (Lipinski definition) is 1. The van der Waals surface area contributed by atoms with E-state index >= 15 is 0 Å². The van der Waals surface area contributed by atoms with E-state index in [4.69, 9.17) is 16.3 Å². The lowest BCUT2D eigenvalue weighted by atomic mass is 9.94. The summed E-state index contributed by atoms with van der Waals surface area (Å²) in [7, 11) is 0. The smallest absolute Gasteiger partial charge is 0.269 e. The first-order valence-corrected chi connectivity index (χ1v) is 7.05. The molecule has 1 heterocycles. The predicted molar refractivity (Wildman–Crippen MR) is 78.0 cm³/mol. The Kier molecular flexibility index (Phi) is 4.62. The Morgan fingerprint density at radius 3 is 2.95 bits per heavy atom. The zero-order chi connectivity index (χ0) is 14.8. The molecule has 0 aliphatic carbocycles. The van der Waals surface area contributed by atoms with Gasteiger partial charge >= 0.3 is 0 Å². The molecule has 20 heavy (non-hydrogen) atoms. The number of nitro benzene ring substituents is 1. The number of non-ortho nitro benzene ring substituents is 1. The first kappa shape index (κ1) is 15.2. The SMILES string of the molecule is CC1(C)CC(NCc2cc([N+](=O)[O-])ccc2Cl)CCO1. The third kappa shape index (κ3) is 3.91. The van der Waals surface area contributed by atoms with Gasteiger partial charge in [-0.15, -0.1) is 0 Å². The van der Waals surface area contributed by atoms with E-state index in [0.29, 0.717) is 17.6 Å². The van der Waals surface area contributed by atoms with Crippen molar-refractivity contribution < 1.29 is 9.66 Å². The van der Waals surface area contributed by atoms with Gasteiger partial charge in [0.1, 0.15) is 0 Å². The molecule has 2 rings (SSSR count). The molecule has 0 bridgehead atoms. The minimum absolute atomic E-state index is 0.0681. The molecule has 1 aromatic carbocycles. The molecule has 110 valence electrons. The molecule has 1 N–H and O–H groups in total. The van der Waals surface area contributed by atoms with Crippen molar-refractivity contribution in [3.63, 3.8) is 0 Å². The minimum Gasteiger partial charge on any atom is -0.375 e. The Morgan fingerprint density at radius 2 is 2.30 bits per heavy atom. The van der Waals surface area contributed by atoms with Crippen LogP contribution in [0.1, 0.15) is 32.3 Å². The molecular weight excluding hydrogens is 280 g/mol. The zero-order valence-corrected chi connectivity index (χ0v) is 12.4. The van der Waals surface area contributed by atoms with Crippen LogP contribution in [-0.4, -0.2) is 23.2 Å². The fourth-order valence-corrected chi connectivity index (χ4v) is 2.65. The van der Waals surface area contributed by atoms with Gasteiger partial charge in [0.25, 0.3) is 5.69 Å². The first-order valence-electron chi connectivity index (χ1n) is 6.67. The highest BCUT2D eigenvalue weighted by Crippen LogP contribution is 2.26. The number of benzene rings is 1. The molecule has 5 nitrogen and oxygen atoms in total. The summed E-state index contributed by atoms with van der Waals surface area (Å²) in [5.41, 5.74) is 0.700.